The summed E-state index contributed by atoms with van der Waals surface area (Å²) in [5.41, 5.74) is 4.54. The molecule has 0 aliphatic heterocycles. The molecule has 0 aromatic carbocycles. The number of aryl methyl sites for hydroxylation is 2. The highest BCUT2D eigenvalue weighted by atomic mass is 32.1. The fourth-order valence-electron chi connectivity index (χ4n) is 2.83. The number of hydrogen-bond acceptors (Lipinski definition) is 3. The van der Waals surface area contributed by atoms with Crippen LogP contribution in [0.2, 0.25) is 0 Å². The lowest BCUT2D eigenvalue weighted by Crippen LogP contribution is -2.11. The average molecular weight is 271 g/mol. The molecule has 1 saturated carbocycles. The Morgan fingerprint density at radius 2 is 2.21 bits per heavy atom. The Kier molecular flexibility index (Phi) is 2.30. The highest BCUT2D eigenvalue weighted by molar-refractivity contribution is 7.10. The van der Waals surface area contributed by atoms with E-state index in [2.05, 4.69) is 11.4 Å². The SMILES string of the molecule is O=C(O)c1cc2c(nc1C1CC1)-c1ccsc1CC2. The van der Waals surface area contributed by atoms with E-state index in [1.807, 2.05) is 6.07 Å². The first-order chi connectivity index (χ1) is 9.24. The van der Waals surface area contributed by atoms with E-state index in [1.165, 1.54) is 10.4 Å². The Labute approximate surface area is 114 Å². The van der Waals surface area contributed by atoms with E-state index in [-0.39, 0.29) is 0 Å². The molecule has 2 aromatic heterocycles. The molecule has 2 heterocycles. The van der Waals surface area contributed by atoms with Gasteiger partial charge in [0.05, 0.1) is 17.0 Å². The zero-order valence-electron chi connectivity index (χ0n) is 10.3. The molecule has 0 bridgehead atoms. The van der Waals surface area contributed by atoms with Crippen LogP contribution in [0.25, 0.3) is 11.3 Å². The van der Waals surface area contributed by atoms with Crippen molar-refractivity contribution in [2.45, 2.75) is 31.6 Å². The van der Waals surface area contributed by atoms with Crippen molar-refractivity contribution in [1.29, 1.82) is 0 Å². The summed E-state index contributed by atoms with van der Waals surface area (Å²) in [6, 6.07) is 3.97. The summed E-state index contributed by atoms with van der Waals surface area (Å²) in [5, 5.41) is 11.5. The molecule has 0 amide bonds. The number of carbonyl (C=O) groups is 1. The van der Waals surface area contributed by atoms with Gasteiger partial charge >= 0.3 is 5.97 Å². The lowest BCUT2D eigenvalue weighted by atomic mass is 9.92. The van der Waals surface area contributed by atoms with Gasteiger partial charge in [-0.05, 0) is 48.8 Å². The molecule has 1 fully saturated rings. The lowest BCUT2D eigenvalue weighted by molar-refractivity contribution is 0.0695. The van der Waals surface area contributed by atoms with Gasteiger partial charge in [0.25, 0.3) is 0 Å². The van der Waals surface area contributed by atoms with Gasteiger partial charge in [-0.15, -0.1) is 11.3 Å². The van der Waals surface area contributed by atoms with Gasteiger partial charge in [0, 0.05) is 16.4 Å². The number of carboxylic acids is 1. The summed E-state index contributed by atoms with van der Waals surface area (Å²) >= 11 is 1.77. The van der Waals surface area contributed by atoms with Crippen LogP contribution in [0.5, 0.6) is 0 Å². The molecule has 0 saturated heterocycles. The van der Waals surface area contributed by atoms with Gasteiger partial charge in [-0.1, -0.05) is 0 Å². The number of aromatic carboxylic acids is 1. The van der Waals surface area contributed by atoms with Crippen molar-refractivity contribution in [3.63, 3.8) is 0 Å². The van der Waals surface area contributed by atoms with Gasteiger partial charge in [-0.3, -0.25) is 4.98 Å². The minimum absolute atomic E-state index is 0.361. The number of carboxylic acid groups (broad SMARTS) is 1. The number of nitrogens with zero attached hydrogens (tertiary/aromatic N) is 1. The molecule has 0 spiro atoms. The van der Waals surface area contributed by atoms with Crippen molar-refractivity contribution in [3.8, 4) is 11.3 Å². The monoisotopic (exact) mass is 271 g/mol. The molecule has 4 heteroatoms. The summed E-state index contributed by atoms with van der Waals surface area (Å²) in [6.45, 7) is 0. The van der Waals surface area contributed by atoms with Crippen LogP contribution in [-0.4, -0.2) is 16.1 Å². The van der Waals surface area contributed by atoms with Crippen molar-refractivity contribution in [3.05, 3.63) is 39.2 Å². The number of rotatable bonds is 2. The van der Waals surface area contributed by atoms with Crippen molar-refractivity contribution >= 4 is 17.3 Å². The Morgan fingerprint density at radius 1 is 1.37 bits per heavy atom. The molecule has 3 nitrogen and oxygen atoms in total. The third-order valence-electron chi connectivity index (χ3n) is 3.95. The predicted molar refractivity (Wildman–Crippen MR) is 73.9 cm³/mol. The second-order valence-corrected chi connectivity index (χ2v) is 6.27. The number of fused-ring (bicyclic) bond motifs is 3. The maximum atomic E-state index is 11.4. The molecule has 2 aromatic rings. The summed E-state index contributed by atoms with van der Waals surface area (Å²) in [5.74, 6) is -0.478. The Balaban J connectivity index is 1.95. The van der Waals surface area contributed by atoms with E-state index < -0.39 is 5.97 Å². The fraction of sp³-hybridized carbons (Fsp3) is 0.333. The summed E-state index contributed by atoms with van der Waals surface area (Å²) in [7, 11) is 0. The number of thiophene rings is 1. The molecule has 0 unspecified atom stereocenters. The summed E-state index contributed by atoms with van der Waals surface area (Å²) in [4.78, 5) is 17.5. The summed E-state index contributed by atoms with van der Waals surface area (Å²) < 4.78 is 0. The highest BCUT2D eigenvalue weighted by Gasteiger charge is 2.32. The van der Waals surface area contributed by atoms with E-state index >= 15 is 0 Å². The molecule has 96 valence electrons. The Morgan fingerprint density at radius 3 is 2.95 bits per heavy atom. The first-order valence-electron chi connectivity index (χ1n) is 6.58. The van der Waals surface area contributed by atoms with Crippen LogP contribution < -0.4 is 0 Å². The Bertz CT molecular complexity index is 685. The third-order valence-corrected chi connectivity index (χ3v) is 4.93. The number of aromatic nitrogens is 1. The second kappa shape index (κ2) is 3.90. The van der Waals surface area contributed by atoms with Gasteiger partial charge < -0.3 is 5.11 Å². The van der Waals surface area contributed by atoms with Crippen LogP contribution in [-0.2, 0) is 12.8 Å². The van der Waals surface area contributed by atoms with E-state index in [1.54, 1.807) is 11.3 Å². The quantitative estimate of drug-likeness (QED) is 0.909. The van der Waals surface area contributed by atoms with Crippen LogP contribution in [0.4, 0.5) is 0 Å². The second-order valence-electron chi connectivity index (χ2n) is 5.27. The van der Waals surface area contributed by atoms with Crippen LogP contribution >= 0.6 is 11.3 Å². The standard InChI is InChI=1S/C15H13NO2S/c17-15(18)11-7-9-3-4-12-10(5-6-19-12)14(9)16-13(11)8-1-2-8/h5-8H,1-4H2,(H,17,18). The zero-order chi connectivity index (χ0) is 13.0. The third kappa shape index (κ3) is 1.70. The van der Waals surface area contributed by atoms with Gasteiger partial charge in [0.1, 0.15) is 0 Å². The predicted octanol–water partition coefficient (Wildman–Crippen LogP) is 3.48. The lowest BCUT2D eigenvalue weighted by Gasteiger charge is -2.18. The first kappa shape index (κ1) is 11.2. The molecule has 19 heavy (non-hydrogen) atoms. The van der Waals surface area contributed by atoms with Crippen molar-refractivity contribution < 1.29 is 9.90 Å². The minimum Gasteiger partial charge on any atom is -0.478 e. The molecular weight excluding hydrogens is 258 g/mol. The van der Waals surface area contributed by atoms with E-state index in [0.717, 1.165) is 42.6 Å². The molecule has 0 radical (unpaired) electrons. The zero-order valence-corrected chi connectivity index (χ0v) is 11.2. The maximum absolute atomic E-state index is 11.4. The topological polar surface area (TPSA) is 50.2 Å². The molecule has 4 rings (SSSR count). The largest absolute Gasteiger partial charge is 0.478 e. The van der Waals surface area contributed by atoms with Crippen LogP contribution in [0.15, 0.2) is 17.5 Å². The number of pyridine rings is 1. The van der Waals surface area contributed by atoms with Crippen molar-refractivity contribution in [2.75, 3.05) is 0 Å². The van der Waals surface area contributed by atoms with Gasteiger partial charge in [-0.2, -0.15) is 0 Å². The van der Waals surface area contributed by atoms with Crippen LogP contribution in [0, 0.1) is 0 Å². The minimum atomic E-state index is -0.840. The van der Waals surface area contributed by atoms with E-state index in [4.69, 9.17) is 4.98 Å². The van der Waals surface area contributed by atoms with E-state index in [0.29, 0.717) is 11.5 Å². The average Bonchev–Trinajstić information content (AvgIpc) is 3.14. The molecule has 2 aliphatic rings. The van der Waals surface area contributed by atoms with Crippen molar-refractivity contribution in [1.82, 2.24) is 4.98 Å². The van der Waals surface area contributed by atoms with Crippen LogP contribution in [0.3, 0.4) is 0 Å². The smallest absolute Gasteiger partial charge is 0.337 e. The highest BCUT2D eigenvalue weighted by Crippen LogP contribution is 2.43. The molecule has 2 aliphatic carbocycles. The Hall–Kier alpha value is -1.68. The van der Waals surface area contributed by atoms with Crippen molar-refractivity contribution in [2.24, 2.45) is 0 Å². The fourth-order valence-corrected chi connectivity index (χ4v) is 3.71. The molecule has 0 atom stereocenters. The molecule has 1 N–H and O–H groups in total. The normalized spacial score (nSPS) is 16.8. The maximum Gasteiger partial charge on any atom is 0.337 e. The van der Waals surface area contributed by atoms with Crippen LogP contribution in [0.1, 0.15) is 45.3 Å². The first-order valence-corrected chi connectivity index (χ1v) is 7.46. The molecular formula is C15H13NO2S. The van der Waals surface area contributed by atoms with Gasteiger partial charge in [0.15, 0.2) is 0 Å². The van der Waals surface area contributed by atoms with E-state index in [9.17, 15) is 9.90 Å². The van der Waals surface area contributed by atoms with Gasteiger partial charge in [-0.25, -0.2) is 4.79 Å². The van der Waals surface area contributed by atoms with Gasteiger partial charge in [0.2, 0.25) is 0 Å². The number of hydrogen-bond donors (Lipinski definition) is 1. The summed E-state index contributed by atoms with van der Waals surface area (Å²) in [6.07, 6.45) is 4.05.